The van der Waals surface area contributed by atoms with Crippen LogP contribution in [0.5, 0.6) is 5.75 Å². The van der Waals surface area contributed by atoms with Crippen LogP contribution in [0.3, 0.4) is 0 Å². The molecule has 1 aromatic carbocycles. The van der Waals surface area contributed by atoms with E-state index in [1.54, 1.807) is 0 Å². The first kappa shape index (κ1) is 15.5. The molecule has 0 unspecified atom stereocenters. The fraction of sp³-hybridized carbons (Fsp3) is 0.188. The second kappa shape index (κ2) is 6.10. The number of fused-ring (bicyclic) bond motifs is 3. The lowest BCUT2D eigenvalue weighted by Gasteiger charge is -2.11. The quantitative estimate of drug-likeness (QED) is 0.673. The summed E-state index contributed by atoms with van der Waals surface area (Å²) in [4.78, 5) is 19.1. The van der Waals surface area contributed by atoms with Crippen LogP contribution in [-0.2, 0) is 11.3 Å². The first-order valence-corrected chi connectivity index (χ1v) is 7.44. The highest BCUT2D eigenvalue weighted by atomic mass is 19.1. The molecule has 0 spiro atoms. The van der Waals surface area contributed by atoms with Crippen LogP contribution in [-0.4, -0.2) is 33.0 Å². The van der Waals surface area contributed by atoms with Gasteiger partial charge in [0.05, 0.1) is 12.8 Å². The third-order valence-corrected chi connectivity index (χ3v) is 3.66. The van der Waals surface area contributed by atoms with Crippen LogP contribution in [0, 0.1) is 5.82 Å². The van der Waals surface area contributed by atoms with Crippen LogP contribution < -0.4 is 10.3 Å². The van der Waals surface area contributed by atoms with Crippen molar-refractivity contribution in [1.82, 2.24) is 19.7 Å². The largest absolute Gasteiger partial charge is 0.484 e. The van der Waals surface area contributed by atoms with E-state index in [2.05, 4.69) is 15.1 Å². The summed E-state index contributed by atoms with van der Waals surface area (Å²) in [6.07, 6.45) is 2.55. The summed E-state index contributed by atoms with van der Waals surface area (Å²) in [7, 11) is 0. The lowest BCUT2D eigenvalue weighted by atomic mass is 10.3. The zero-order chi connectivity index (χ0) is 17.4. The van der Waals surface area contributed by atoms with E-state index in [1.807, 2.05) is 0 Å². The Balaban J connectivity index is 1.96. The van der Waals surface area contributed by atoms with Gasteiger partial charge >= 0.3 is 0 Å². The van der Waals surface area contributed by atoms with Gasteiger partial charge in [-0.25, -0.2) is 18.4 Å². The molecule has 0 radical (unpaired) electrons. The molecule has 3 aromatic rings. The van der Waals surface area contributed by atoms with E-state index in [4.69, 9.17) is 9.47 Å². The zero-order valence-corrected chi connectivity index (χ0v) is 12.8. The second-order valence-corrected chi connectivity index (χ2v) is 5.37. The summed E-state index contributed by atoms with van der Waals surface area (Å²) in [5.41, 5.74) is 0.232. The molecule has 128 valence electrons. The number of ether oxygens (including phenoxy) is 2. The number of H-pyrrole nitrogens is 1. The molecule has 1 aliphatic rings. The van der Waals surface area contributed by atoms with Gasteiger partial charge < -0.3 is 14.5 Å². The van der Waals surface area contributed by atoms with Crippen molar-refractivity contribution in [1.29, 1.82) is 0 Å². The van der Waals surface area contributed by atoms with Gasteiger partial charge in [0.15, 0.2) is 5.65 Å². The number of benzene rings is 1. The van der Waals surface area contributed by atoms with Crippen molar-refractivity contribution in [2.24, 2.45) is 0 Å². The molecule has 1 aliphatic heterocycles. The Hall–Kier alpha value is -3.07. The minimum Gasteiger partial charge on any atom is -0.484 e. The van der Waals surface area contributed by atoms with Crippen molar-refractivity contribution < 1.29 is 18.3 Å². The number of halogens is 2. The van der Waals surface area contributed by atoms with Gasteiger partial charge in [0, 0.05) is 6.07 Å². The Kier molecular flexibility index (Phi) is 3.77. The fourth-order valence-electron chi connectivity index (χ4n) is 2.50. The molecule has 0 aliphatic carbocycles. The zero-order valence-electron chi connectivity index (χ0n) is 12.8. The molecule has 0 amide bonds. The number of aromatic amines is 1. The summed E-state index contributed by atoms with van der Waals surface area (Å²) in [5, 5.41) is 4.41. The van der Waals surface area contributed by atoms with E-state index in [-0.39, 0.29) is 48.0 Å². The third kappa shape index (κ3) is 2.89. The Morgan fingerprint density at radius 2 is 2.12 bits per heavy atom. The van der Waals surface area contributed by atoms with Gasteiger partial charge in [0.1, 0.15) is 47.5 Å². The molecule has 2 bridgehead atoms. The molecule has 0 saturated carbocycles. The molecule has 0 saturated heterocycles. The Morgan fingerprint density at radius 3 is 3.00 bits per heavy atom. The number of hydrogen-bond acceptors (Lipinski definition) is 5. The van der Waals surface area contributed by atoms with Gasteiger partial charge in [-0.05, 0) is 18.2 Å². The number of hydrogen-bond donors (Lipinski definition) is 1. The molecule has 7 nitrogen and oxygen atoms in total. The van der Waals surface area contributed by atoms with Gasteiger partial charge in [0.25, 0.3) is 5.56 Å². The summed E-state index contributed by atoms with van der Waals surface area (Å²) in [5.74, 6) is -0.749. The lowest BCUT2D eigenvalue weighted by molar-refractivity contribution is 0.140. The van der Waals surface area contributed by atoms with Crippen molar-refractivity contribution in [3.8, 4) is 11.4 Å². The number of nitrogens with one attached hydrogen (secondary N) is 1. The normalized spacial score (nSPS) is 17.0. The van der Waals surface area contributed by atoms with Crippen LogP contribution >= 0.6 is 0 Å². The van der Waals surface area contributed by atoms with Crippen LogP contribution in [0.1, 0.15) is 5.82 Å². The molecule has 0 fully saturated rings. The van der Waals surface area contributed by atoms with Crippen LogP contribution in [0.2, 0.25) is 0 Å². The van der Waals surface area contributed by atoms with Crippen molar-refractivity contribution in [2.45, 2.75) is 6.61 Å². The standard InChI is InChI=1S/C16H12F2N4O3/c17-9-1-2-12-13(5-9)25-7-10(18)3-4-24-8-14-20-15-11(16(23)21-14)6-19-22(12)15/h1-3,5-6H,4,7-8H2,(H,20,21,23)/b10-3-. The Bertz CT molecular complexity index is 1040. The van der Waals surface area contributed by atoms with Gasteiger partial charge in [-0.1, -0.05) is 0 Å². The third-order valence-electron chi connectivity index (χ3n) is 3.66. The first-order valence-electron chi connectivity index (χ1n) is 7.44. The summed E-state index contributed by atoms with van der Waals surface area (Å²) in [6.45, 7) is -0.405. The van der Waals surface area contributed by atoms with Crippen molar-refractivity contribution in [2.75, 3.05) is 13.2 Å². The van der Waals surface area contributed by atoms with Gasteiger partial charge in [-0.3, -0.25) is 4.79 Å². The van der Waals surface area contributed by atoms with Crippen LogP contribution in [0.4, 0.5) is 8.78 Å². The second-order valence-electron chi connectivity index (χ2n) is 5.37. The SMILES string of the molecule is O=c1[nH]c2nc3c1cnn3-c1ccc(F)cc1OC/C(F)=C/COC2. The predicted molar refractivity (Wildman–Crippen MR) is 83.8 cm³/mol. The van der Waals surface area contributed by atoms with Crippen molar-refractivity contribution in [3.05, 3.63) is 58.3 Å². The fourth-order valence-corrected chi connectivity index (χ4v) is 2.50. The predicted octanol–water partition coefficient (Wildman–Crippen LogP) is 2.01. The minimum absolute atomic E-state index is 0.00271. The van der Waals surface area contributed by atoms with Crippen LogP contribution in [0.15, 0.2) is 41.1 Å². The Labute approximate surface area is 139 Å². The summed E-state index contributed by atoms with van der Waals surface area (Å²) in [6, 6.07) is 3.77. The molecule has 9 heteroatoms. The van der Waals surface area contributed by atoms with Gasteiger partial charge in [-0.2, -0.15) is 5.10 Å². The van der Waals surface area contributed by atoms with Gasteiger partial charge in [0.2, 0.25) is 0 Å². The van der Waals surface area contributed by atoms with Crippen molar-refractivity contribution >= 4 is 11.0 Å². The van der Waals surface area contributed by atoms with Crippen molar-refractivity contribution in [3.63, 3.8) is 0 Å². The highest BCUT2D eigenvalue weighted by Gasteiger charge is 2.16. The summed E-state index contributed by atoms with van der Waals surface area (Å²) >= 11 is 0. The molecule has 25 heavy (non-hydrogen) atoms. The topological polar surface area (TPSA) is 82.0 Å². The molecule has 2 aromatic heterocycles. The van der Waals surface area contributed by atoms with E-state index < -0.39 is 11.6 Å². The number of aromatic nitrogens is 4. The molecular formula is C16H12F2N4O3. The average Bonchev–Trinajstić information content (AvgIpc) is 3.01. The molecule has 1 N–H and O–H groups in total. The van der Waals surface area contributed by atoms with E-state index in [0.29, 0.717) is 5.69 Å². The first-order chi connectivity index (χ1) is 12.1. The Morgan fingerprint density at radius 1 is 1.24 bits per heavy atom. The van der Waals surface area contributed by atoms with E-state index in [1.165, 1.54) is 29.1 Å². The van der Waals surface area contributed by atoms with E-state index in [0.717, 1.165) is 6.07 Å². The monoisotopic (exact) mass is 346 g/mol. The smallest absolute Gasteiger partial charge is 0.262 e. The molecule has 3 heterocycles. The molecule has 4 rings (SSSR count). The van der Waals surface area contributed by atoms with E-state index >= 15 is 0 Å². The molecule has 0 atom stereocenters. The van der Waals surface area contributed by atoms with Gasteiger partial charge in [-0.15, -0.1) is 0 Å². The number of rotatable bonds is 0. The van der Waals surface area contributed by atoms with Crippen LogP contribution in [0.25, 0.3) is 16.7 Å². The maximum Gasteiger partial charge on any atom is 0.262 e. The summed E-state index contributed by atoms with van der Waals surface area (Å²) < 4.78 is 39.4. The van der Waals surface area contributed by atoms with E-state index in [9.17, 15) is 13.6 Å². The number of nitrogens with zero attached hydrogens (tertiary/aromatic N) is 3. The molecular weight excluding hydrogens is 334 g/mol. The highest BCUT2D eigenvalue weighted by molar-refractivity contribution is 5.75. The maximum atomic E-state index is 13.8. The maximum absolute atomic E-state index is 13.8. The lowest BCUT2D eigenvalue weighted by Crippen LogP contribution is -2.13. The highest BCUT2D eigenvalue weighted by Crippen LogP contribution is 2.26. The minimum atomic E-state index is -0.562. The average molecular weight is 346 g/mol.